The molecule has 0 aliphatic rings. The maximum atomic E-state index is 10.6. The van der Waals surface area contributed by atoms with Gasteiger partial charge in [0.1, 0.15) is 5.75 Å². The number of phenolic OH excluding ortho intramolecular Hbond substituents is 1. The van der Waals surface area contributed by atoms with Crippen LogP contribution in [-0.4, -0.2) is 18.4 Å². The first-order valence-electron chi connectivity index (χ1n) is 3.49. The zero-order valence-electron chi connectivity index (χ0n) is 7.05. The van der Waals surface area contributed by atoms with E-state index in [0.717, 1.165) is 18.2 Å². The quantitative estimate of drug-likeness (QED) is 0.363. The fraction of sp³-hybridized carbons (Fsp3) is 0. The van der Waals surface area contributed by atoms with E-state index >= 15 is 0 Å². The van der Waals surface area contributed by atoms with Gasteiger partial charge in [-0.3, -0.25) is 14.8 Å². The lowest BCUT2D eigenvalue weighted by molar-refractivity contribution is -0.384. The normalized spacial score (nSPS) is 11.0. The second-order valence-corrected chi connectivity index (χ2v) is 4.80. The van der Waals surface area contributed by atoms with Crippen molar-refractivity contribution in [3.63, 3.8) is 0 Å². The van der Waals surface area contributed by atoms with E-state index in [4.69, 9.17) is 10.7 Å². The molecule has 0 aromatic heterocycles. The van der Waals surface area contributed by atoms with Gasteiger partial charge in [0.2, 0.25) is 0 Å². The van der Waals surface area contributed by atoms with Crippen molar-refractivity contribution in [2.75, 3.05) is 4.72 Å². The van der Waals surface area contributed by atoms with Gasteiger partial charge in [0.25, 0.3) is 5.69 Å². The van der Waals surface area contributed by atoms with Gasteiger partial charge in [0.05, 0.1) is 10.6 Å². The molecule has 0 atom stereocenters. The number of nitro groups is 1. The topological polar surface area (TPSA) is 110 Å². The number of hydrogen-bond acceptors (Lipinski definition) is 5. The van der Waals surface area contributed by atoms with Crippen LogP contribution < -0.4 is 4.72 Å². The van der Waals surface area contributed by atoms with Crippen molar-refractivity contribution in [1.29, 1.82) is 0 Å². The van der Waals surface area contributed by atoms with Gasteiger partial charge in [0.15, 0.2) is 0 Å². The Morgan fingerprint density at radius 1 is 1.47 bits per heavy atom. The number of anilines is 1. The van der Waals surface area contributed by atoms with Crippen LogP contribution in [-0.2, 0) is 9.24 Å². The van der Waals surface area contributed by atoms with Gasteiger partial charge < -0.3 is 5.11 Å². The summed E-state index contributed by atoms with van der Waals surface area (Å²) < 4.78 is 22.9. The van der Waals surface area contributed by atoms with Crippen molar-refractivity contribution in [2.24, 2.45) is 0 Å². The molecule has 7 nitrogen and oxygen atoms in total. The lowest BCUT2D eigenvalue weighted by Crippen LogP contribution is -2.04. The third-order valence-corrected chi connectivity index (χ3v) is 2.12. The van der Waals surface area contributed by atoms with Crippen LogP contribution >= 0.6 is 10.7 Å². The first-order chi connectivity index (χ1) is 6.79. The third kappa shape index (κ3) is 3.26. The number of rotatable bonds is 3. The van der Waals surface area contributed by atoms with Crippen molar-refractivity contribution < 1.29 is 18.4 Å². The molecule has 15 heavy (non-hydrogen) atoms. The van der Waals surface area contributed by atoms with E-state index in [2.05, 4.69) is 0 Å². The Morgan fingerprint density at radius 2 is 2.07 bits per heavy atom. The molecule has 0 spiro atoms. The highest BCUT2D eigenvalue weighted by Gasteiger charge is 2.13. The Hall–Kier alpha value is -1.54. The van der Waals surface area contributed by atoms with E-state index in [1.165, 1.54) is 0 Å². The van der Waals surface area contributed by atoms with Crippen LogP contribution in [0.3, 0.4) is 0 Å². The lowest BCUT2D eigenvalue weighted by atomic mass is 10.2. The number of aromatic hydroxyl groups is 1. The molecule has 2 N–H and O–H groups in total. The Kier molecular flexibility index (Phi) is 3.01. The number of benzene rings is 1. The summed E-state index contributed by atoms with van der Waals surface area (Å²) in [5.74, 6) is -0.454. The third-order valence-electron chi connectivity index (χ3n) is 1.42. The number of phenols is 1. The highest BCUT2D eigenvalue weighted by atomic mass is 35.7. The van der Waals surface area contributed by atoms with Crippen LogP contribution in [0.4, 0.5) is 11.4 Å². The molecule has 0 unspecified atom stereocenters. The Morgan fingerprint density at radius 3 is 2.53 bits per heavy atom. The average molecular weight is 253 g/mol. The van der Waals surface area contributed by atoms with Gasteiger partial charge in [-0.05, 0) is 6.07 Å². The van der Waals surface area contributed by atoms with Crippen LogP contribution in [0, 0.1) is 10.1 Å². The van der Waals surface area contributed by atoms with Crippen LogP contribution in [0.2, 0.25) is 0 Å². The Balaban J connectivity index is 3.17. The zero-order chi connectivity index (χ0) is 11.6. The second kappa shape index (κ2) is 3.91. The van der Waals surface area contributed by atoms with Crippen molar-refractivity contribution in [2.45, 2.75) is 0 Å². The fourth-order valence-corrected chi connectivity index (χ4v) is 1.53. The smallest absolute Gasteiger partial charge is 0.319 e. The predicted molar refractivity (Wildman–Crippen MR) is 53.2 cm³/mol. The number of halogens is 1. The molecular formula is C6H5ClN2O5S. The molecule has 0 saturated heterocycles. The first-order valence-corrected chi connectivity index (χ1v) is 5.80. The lowest BCUT2D eigenvalue weighted by Gasteiger charge is -2.03. The van der Waals surface area contributed by atoms with Crippen molar-refractivity contribution in [3.05, 3.63) is 28.3 Å². The minimum Gasteiger partial charge on any atom is -0.506 e. The molecule has 1 aromatic carbocycles. The number of non-ortho nitro benzene ring substituents is 1. The molecule has 0 amide bonds. The maximum absolute atomic E-state index is 10.6. The molecule has 0 aliphatic heterocycles. The molecule has 0 radical (unpaired) electrons. The first kappa shape index (κ1) is 11.5. The van der Waals surface area contributed by atoms with Gasteiger partial charge in [-0.1, -0.05) is 0 Å². The van der Waals surface area contributed by atoms with Crippen molar-refractivity contribution >= 4 is 31.3 Å². The van der Waals surface area contributed by atoms with E-state index in [0.29, 0.717) is 0 Å². The van der Waals surface area contributed by atoms with Crippen LogP contribution in [0.5, 0.6) is 5.75 Å². The van der Waals surface area contributed by atoms with Gasteiger partial charge in [0, 0.05) is 22.8 Å². The molecule has 0 aliphatic carbocycles. The number of nitrogens with one attached hydrogen (secondary N) is 1. The summed E-state index contributed by atoms with van der Waals surface area (Å²) in [4.78, 5) is 9.61. The van der Waals surface area contributed by atoms with E-state index in [1.54, 1.807) is 4.72 Å². The summed E-state index contributed by atoms with van der Waals surface area (Å²) in [5.41, 5.74) is -0.713. The van der Waals surface area contributed by atoms with E-state index in [-0.39, 0.29) is 11.4 Å². The maximum Gasteiger partial charge on any atom is 0.319 e. The van der Waals surface area contributed by atoms with E-state index < -0.39 is 19.9 Å². The highest BCUT2D eigenvalue weighted by molar-refractivity contribution is 8.14. The average Bonchev–Trinajstić information content (AvgIpc) is 2.06. The molecule has 1 aromatic rings. The van der Waals surface area contributed by atoms with E-state index in [1.807, 2.05) is 0 Å². The Labute approximate surface area is 89.0 Å². The second-order valence-electron chi connectivity index (χ2n) is 2.50. The minimum atomic E-state index is -4.10. The molecule has 1 rings (SSSR count). The fourth-order valence-electron chi connectivity index (χ4n) is 0.851. The molecular weight excluding hydrogens is 248 g/mol. The standard InChI is InChI=1S/C6H5ClN2O5S/c7-15(13,14)8-5-3-4(9(11)12)1-2-6(5)10/h1-3,8,10H. The summed E-state index contributed by atoms with van der Waals surface area (Å²) in [6, 6.07) is 2.87. The van der Waals surface area contributed by atoms with Gasteiger partial charge in [-0.15, -0.1) is 0 Å². The number of hydrogen-bond donors (Lipinski definition) is 2. The highest BCUT2D eigenvalue weighted by Crippen LogP contribution is 2.28. The molecule has 82 valence electrons. The molecule has 0 heterocycles. The summed E-state index contributed by atoms with van der Waals surface area (Å²) >= 11 is 0. The SMILES string of the molecule is O=[N+]([O-])c1ccc(O)c(NS(=O)(=O)Cl)c1. The predicted octanol–water partition coefficient (Wildman–Crippen LogP) is 1.20. The number of nitro benzene ring substituents is 1. The number of nitrogens with zero attached hydrogens (tertiary/aromatic N) is 1. The monoisotopic (exact) mass is 252 g/mol. The molecule has 0 bridgehead atoms. The largest absolute Gasteiger partial charge is 0.506 e. The van der Waals surface area contributed by atoms with Crippen LogP contribution in [0.1, 0.15) is 0 Å². The summed E-state index contributed by atoms with van der Waals surface area (Å²) in [7, 11) is 0.749. The van der Waals surface area contributed by atoms with Crippen LogP contribution in [0.25, 0.3) is 0 Å². The van der Waals surface area contributed by atoms with Crippen molar-refractivity contribution in [1.82, 2.24) is 0 Å². The molecule has 0 saturated carbocycles. The van der Waals surface area contributed by atoms with Gasteiger partial charge >= 0.3 is 9.24 Å². The molecule has 9 heteroatoms. The van der Waals surface area contributed by atoms with E-state index in [9.17, 15) is 23.6 Å². The van der Waals surface area contributed by atoms with Gasteiger partial charge in [-0.2, -0.15) is 8.42 Å². The minimum absolute atomic E-state index is 0.348. The molecule has 0 fully saturated rings. The zero-order valence-corrected chi connectivity index (χ0v) is 8.62. The summed E-state index contributed by atoms with van der Waals surface area (Å²) in [6.07, 6.45) is 0. The van der Waals surface area contributed by atoms with Crippen molar-refractivity contribution in [3.8, 4) is 5.75 Å². The summed E-state index contributed by atoms with van der Waals surface area (Å²) in [6.45, 7) is 0. The summed E-state index contributed by atoms with van der Waals surface area (Å²) in [5, 5.41) is 19.5. The van der Waals surface area contributed by atoms with Gasteiger partial charge in [-0.25, -0.2) is 0 Å². The van der Waals surface area contributed by atoms with Crippen LogP contribution in [0.15, 0.2) is 18.2 Å². The Bertz CT molecular complexity index is 500.